The third-order valence-electron chi connectivity index (χ3n) is 6.70. The van der Waals surface area contributed by atoms with Gasteiger partial charge < -0.3 is 10.6 Å². The van der Waals surface area contributed by atoms with Crippen molar-refractivity contribution in [3.63, 3.8) is 0 Å². The van der Waals surface area contributed by atoms with Gasteiger partial charge in [-0.05, 0) is 61.1 Å². The van der Waals surface area contributed by atoms with Crippen molar-refractivity contribution in [3.8, 4) is 0 Å². The summed E-state index contributed by atoms with van der Waals surface area (Å²) in [6, 6.07) is 15.1. The fourth-order valence-corrected chi connectivity index (χ4v) is 4.85. The van der Waals surface area contributed by atoms with Gasteiger partial charge in [0, 0.05) is 63.8 Å². The van der Waals surface area contributed by atoms with Crippen LogP contribution in [0.1, 0.15) is 55.3 Å². The number of nitrogens with zero attached hydrogens (tertiary/aromatic N) is 3. The van der Waals surface area contributed by atoms with Crippen LogP contribution in [0.5, 0.6) is 0 Å². The normalized spacial score (nSPS) is 21.4. The second kappa shape index (κ2) is 14.7. The van der Waals surface area contributed by atoms with Gasteiger partial charge >= 0.3 is 0 Å². The minimum atomic E-state index is 0.468. The number of pyridine rings is 1. The molecule has 0 spiro atoms. The molecule has 4 rings (SSSR count). The van der Waals surface area contributed by atoms with Gasteiger partial charge in [-0.3, -0.25) is 14.9 Å². The number of aromatic nitrogens is 1. The number of rotatable bonds is 6. The van der Waals surface area contributed by atoms with Crippen molar-refractivity contribution in [3.05, 3.63) is 89.4 Å². The molecule has 1 atom stereocenters. The number of hydrogen-bond acceptors (Lipinski definition) is 5. The first-order chi connectivity index (χ1) is 17.3. The molecule has 0 amide bonds. The van der Waals surface area contributed by atoms with Gasteiger partial charge in [-0.15, -0.1) is 0 Å². The average Bonchev–Trinajstić information content (AvgIpc) is 2.88. The molecule has 1 unspecified atom stereocenters. The summed E-state index contributed by atoms with van der Waals surface area (Å²) in [6.07, 6.45) is 18.2. The molecule has 1 aromatic carbocycles. The lowest BCUT2D eigenvalue weighted by Gasteiger charge is -2.27. The quantitative estimate of drug-likeness (QED) is 0.604. The van der Waals surface area contributed by atoms with Crippen LogP contribution in [0.3, 0.4) is 0 Å². The highest BCUT2D eigenvalue weighted by atomic mass is 15.1. The molecule has 0 fully saturated rings. The van der Waals surface area contributed by atoms with Crippen molar-refractivity contribution in [1.29, 1.82) is 0 Å². The molecule has 2 aliphatic rings. The van der Waals surface area contributed by atoms with E-state index in [0.29, 0.717) is 5.92 Å². The molecule has 2 aromatic rings. The van der Waals surface area contributed by atoms with E-state index in [0.717, 1.165) is 57.9 Å². The average molecular weight is 472 g/mol. The maximum absolute atomic E-state index is 4.59. The predicted molar refractivity (Wildman–Crippen MR) is 146 cm³/mol. The number of benzene rings is 1. The number of allylic oxidation sites excluding steroid dienone is 3. The number of fused-ring (bicyclic) bond motifs is 2. The van der Waals surface area contributed by atoms with E-state index in [1.165, 1.54) is 48.8 Å². The van der Waals surface area contributed by atoms with Crippen LogP contribution >= 0.6 is 0 Å². The SMILES string of the molecule is C1=NC=C2/C=C\CCCCCCNCCN(Cc3cccc(CNCc4ccccn4)c3)CC1C2. The Bertz CT molecular complexity index is 966. The Balaban J connectivity index is 1.35. The predicted octanol–water partition coefficient (Wildman–Crippen LogP) is 5.26. The Hall–Kier alpha value is -2.60. The molecule has 2 N–H and O–H groups in total. The van der Waals surface area contributed by atoms with Gasteiger partial charge in [-0.25, -0.2) is 0 Å². The van der Waals surface area contributed by atoms with Crippen LogP contribution in [-0.4, -0.2) is 42.3 Å². The van der Waals surface area contributed by atoms with E-state index in [-0.39, 0.29) is 0 Å². The first-order valence-corrected chi connectivity index (χ1v) is 13.4. The van der Waals surface area contributed by atoms with Crippen molar-refractivity contribution in [2.24, 2.45) is 10.9 Å². The van der Waals surface area contributed by atoms with E-state index in [4.69, 9.17) is 0 Å². The zero-order valence-corrected chi connectivity index (χ0v) is 21.0. The Kier molecular flexibility index (Phi) is 10.7. The molecule has 5 nitrogen and oxygen atoms in total. The fraction of sp³-hybridized carbons (Fsp3) is 0.467. The highest BCUT2D eigenvalue weighted by Crippen LogP contribution is 2.20. The van der Waals surface area contributed by atoms with Gasteiger partial charge in [0.1, 0.15) is 0 Å². The molecule has 186 valence electrons. The topological polar surface area (TPSA) is 52.6 Å². The van der Waals surface area contributed by atoms with E-state index >= 15 is 0 Å². The smallest absolute Gasteiger partial charge is 0.0541 e. The van der Waals surface area contributed by atoms with E-state index in [2.05, 4.69) is 74.2 Å². The summed E-state index contributed by atoms with van der Waals surface area (Å²) in [7, 11) is 0. The molecular weight excluding hydrogens is 430 g/mol. The molecule has 0 radical (unpaired) electrons. The van der Waals surface area contributed by atoms with Crippen molar-refractivity contribution in [2.45, 2.75) is 58.2 Å². The maximum Gasteiger partial charge on any atom is 0.0541 e. The van der Waals surface area contributed by atoms with Crippen molar-refractivity contribution >= 4 is 6.21 Å². The molecular formula is C30H41N5. The lowest BCUT2D eigenvalue weighted by molar-refractivity contribution is 0.245. The van der Waals surface area contributed by atoms with Crippen molar-refractivity contribution in [2.75, 3.05) is 26.2 Å². The van der Waals surface area contributed by atoms with Crippen LogP contribution in [0.15, 0.2) is 77.6 Å². The summed E-state index contributed by atoms with van der Waals surface area (Å²) >= 11 is 0. The van der Waals surface area contributed by atoms with E-state index in [1.807, 2.05) is 24.5 Å². The summed E-state index contributed by atoms with van der Waals surface area (Å²) in [5.41, 5.74) is 5.13. The fourth-order valence-electron chi connectivity index (χ4n) is 4.85. The minimum absolute atomic E-state index is 0.468. The Morgan fingerprint density at radius 3 is 2.86 bits per heavy atom. The van der Waals surface area contributed by atoms with Crippen molar-refractivity contribution < 1.29 is 0 Å². The molecule has 1 aromatic heterocycles. The van der Waals surface area contributed by atoms with Crippen LogP contribution in [0.2, 0.25) is 0 Å². The van der Waals surface area contributed by atoms with Gasteiger partial charge in [-0.1, -0.05) is 55.3 Å². The summed E-state index contributed by atoms with van der Waals surface area (Å²) < 4.78 is 0. The summed E-state index contributed by atoms with van der Waals surface area (Å²) in [6.45, 7) is 6.86. The number of aliphatic imine (C=N–C) groups is 1. The summed E-state index contributed by atoms with van der Waals surface area (Å²) in [5, 5.41) is 7.21. The van der Waals surface area contributed by atoms with Crippen LogP contribution in [0.25, 0.3) is 0 Å². The Morgan fingerprint density at radius 2 is 1.91 bits per heavy atom. The molecule has 2 aliphatic heterocycles. The second-order valence-corrected chi connectivity index (χ2v) is 9.80. The lowest BCUT2D eigenvalue weighted by atomic mass is 9.97. The number of hydrogen-bond donors (Lipinski definition) is 2. The van der Waals surface area contributed by atoms with E-state index < -0.39 is 0 Å². The highest BCUT2D eigenvalue weighted by Gasteiger charge is 2.16. The van der Waals surface area contributed by atoms with Crippen LogP contribution in [0.4, 0.5) is 0 Å². The second-order valence-electron chi connectivity index (χ2n) is 9.80. The Morgan fingerprint density at radius 1 is 0.971 bits per heavy atom. The first-order valence-electron chi connectivity index (χ1n) is 13.4. The van der Waals surface area contributed by atoms with E-state index in [1.54, 1.807) is 0 Å². The number of nitrogens with one attached hydrogen (secondary N) is 2. The molecule has 0 saturated carbocycles. The van der Waals surface area contributed by atoms with Gasteiger partial charge in [0.15, 0.2) is 0 Å². The lowest BCUT2D eigenvalue weighted by Crippen LogP contribution is -2.36. The molecule has 0 aliphatic carbocycles. The van der Waals surface area contributed by atoms with Gasteiger partial charge in [0.05, 0.1) is 5.69 Å². The first kappa shape index (κ1) is 25.5. The largest absolute Gasteiger partial charge is 0.315 e. The highest BCUT2D eigenvalue weighted by molar-refractivity contribution is 5.64. The van der Waals surface area contributed by atoms with Crippen molar-refractivity contribution in [1.82, 2.24) is 20.5 Å². The van der Waals surface area contributed by atoms with Crippen LogP contribution in [0, 0.1) is 5.92 Å². The molecule has 5 heteroatoms. The van der Waals surface area contributed by atoms with Gasteiger partial charge in [-0.2, -0.15) is 0 Å². The van der Waals surface area contributed by atoms with Gasteiger partial charge in [0.25, 0.3) is 0 Å². The molecule has 0 saturated heterocycles. The summed E-state index contributed by atoms with van der Waals surface area (Å²) in [4.78, 5) is 11.6. The monoisotopic (exact) mass is 471 g/mol. The zero-order valence-electron chi connectivity index (χ0n) is 21.0. The van der Waals surface area contributed by atoms with E-state index in [9.17, 15) is 0 Å². The van der Waals surface area contributed by atoms with Crippen LogP contribution < -0.4 is 10.6 Å². The standard InChI is InChI=1S/C30H41N5/c1-2-4-7-14-31-16-17-35(25-29-19-26(10-5-3-1)20-32-22-29)24-28-12-9-11-27(18-28)21-33-23-30-13-6-8-15-34-30/h5-6,8-13,15,18,20,22,29,31,33H,1-4,7,14,16-17,19,21,23-25H2/b10-5-. The van der Waals surface area contributed by atoms with Gasteiger partial charge in [0.2, 0.25) is 0 Å². The maximum atomic E-state index is 4.59. The molecule has 35 heavy (non-hydrogen) atoms. The third kappa shape index (κ3) is 9.52. The summed E-state index contributed by atoms with van der Waals surface area (Å²) in [5.74, 6) is 0.468. The minimum Gasteiger partial charge on any atom is -0.315 e. The third-order valence-corrected chi connectivity index (χ3v) is 6.70. The van der Waals surface area contributed by atoms with Crippen LogP contribution in [-0.2, 0) is 19.6 Å². The molecule has 3 heterocycles. The molecule has 2 bridgehead atoms. The zero-order chi connectivity index (χ0) is 24.0. The Labute approximate surface area is 211 Å².